The lowest BCUT2D eigenvalue weighted by Crippen LogP contribution is -2.22. The van der Waals surface area contributed by atoms with Crippen molar-refractivity contribution in [2.45, 2.75) is 13.1 Å². The molecule has 8 nitrogen and oxygen atoms in total. The predicted molar refractivity (Wildman–Crippen MR) is 101 cm³/mol. The first-order valence-corrected chi connectivity index (χ1v) is 8.55. The summed E-state index contributed by atoms with van der Waals surface area (Å²) < 4.78 is 44.3. The van der Waals surface area contributed by atoms with E-state index in [1.54, 1.807) is 13.0 Å². The van der Waals surface area contributed by atoms with Gasteiger partial charge in [-0.05, 0) is 43.3 Å². The second-order valence-corrected chi connectivity index (χ2v) is 6.22. The number of rotatable bonds is 6. The molecule has 0 radical (unpaired) electrons. The summed E-state index contributed by atoms with van der Waals surface area (Å²) in [6, 6.07) is 11.2. The number of nitro benzene ring substituents is 1. The summed E-state index contributed by atoms with van der Waals surface area (Å²) in [4.78, 5) is 22.5. The summed E-state index contributed by atoms with van der Waals surface area (Å²) in [6.45, 7) is 1.27. The summed E-state index contributed by atoms with van der Waals surface area (Å²) in [6.07, 6.45) is -4.45. The number of halogens is 3. The Bertz CT molecular complexity index is 1060. The molecule has 3 rings (SSSR count). The minimum Gasteiger partial charge on any atom is -0.484 e. The molecule has 1 heterocycles. The molecule has 1 N–H and O–H groups in total. The molecule has 11 heteroatoms. The number of nitrogens with one attached hydrogen (secondary N) is 1. The highest BCUT2D eigenvalue weighted by Crippen LogP contribution is 2.30. The molecule has 0 aliphatic heterocycles. The van der Waals surface area contributed by atoms with Crippen molar-refractivity contribution in [1.82, 2.24) is 9.78 Å². The zero-order valence-electron chi connectivity index (χ0n) is 15.5. The zero-order chi connectivity index (χ0) is 21.9. The second kappa shape index (κ2) is 8.23. The van der Waals surface area contributed by atoms with Crippen molar-refractivity contribution in [1.29, 1.82) is 0 Å². The summed E-state index contributed by atoms with van der Waals surface area (Å²) in [5, 5.41) is 17.6. The van der Waals surface area contributed by atoms with Crippen molar-refractivity contribution in [3.63, 3.8) is 0 Å². The van der Waals surface area contributed by atoms with Crippen LogP contribution >= 0.6 is 0 Å². The molecule has 3 aromatic rings. The number of nitrogens with zero attached hydrogens (tertiary/aromatic N) is 3. The minimum absolute atomic E-state index is 0.0850. The van der Waals surface area contributed by atoms with Gasteiger partial charge in [-0.25, -0.2) is 4.68 Å². The number of ether oxygens (including phenoxy) is 1. The fraction of sp³-hybridized carbons (Fsp3) is 0.158. The minimum atomic E-state index is -4.45. The summed E-state index contributed by atoms with van der Waals surface area (Å²) in [5.74, 6) is -0.140. The van der Waals surface area contributed by atoms with Crippen molar-refractivity contribution >= 4 is 17.4 Å². The Labute approximate surface area is 168 Å². The number of anilines is 1. The van der Waals surface area contributed by atoms with Crippen LogP contribution in [0.25, 0.3) is 5.69 Å². The molecule has 0 fully saturated rings. The smallest absolute Gasteiger partial charge is 0.416 e. The van der Waals surface area contributed by atoms with Crippen LogP contribution in [0.15, 0.2) is 54.6 Å². The van der Waals surface area contributed by atoms with Gasteiger partial charge in [0.15, 0.2) is 6.61 Å². The standard InChI is InChI=1S/C19H15F3N4O4/c1-12-10-17(25(24-12)14-4-6-15(7-5-14)26(28)29)23-18(27)11-30-16-8-2-13(3-9-16)19(20,21)22/h2-10H,11H2,1H3,(H,23,27). The highest BCUT2D eigenvalue weighted by atomic mass is 19.4. The highest BCUT2D eigenvalue weighted by molar-refractivity contribution is 5.91. The quantitative estimate of drug-likeness (QED) is 0.478. The first kappa shape index (κ1) is 20.8. The van der Waals surface area contributed by atoms with Gasteiger partial charge in [0.1, 0.15) is 11.6 Å². The predicted octanol–water partition coefficient (Wildman–Crippen LogP) is 4.13. The SMILES string of the molecule is Cc1cc(NC(=O)COc2ccc(C(F)(F)F)cc2)n(-c2ccc([N+](=O)[O-])cc2)n1. The molecular weight excluding hydrogens is 405 g/mol. The van der Waals surface area contributed by atoms with Crippen LogP contribution in [0.2, 0.25) is 0 Å². The number of hydrogen-bond acceptors (Lipinski definition) is 5. The lowest BCUT2D eigenvalue weighted by atomic mass is 10.2. The summed E-state index contributed by atoms with van der Waals surface area (Å²) in [7, 11) is 0. The van der Waals surface area contributed by atoms with E-state index < -0.39 is 29.2 Å². The Morgan fingerprint density at radius 1 is 1.17 bits per heavy atom. The van der Waals surface area contributed by atoms with Crippen LogP contribution in [0, 0.1) is 17.0 Å². The number of aryl methyl sites for hydroxylation is 1. The summed E-state index contributed by atoms with van der Waals surface area (Å²) in [5.41, 5.74) is 0.180. The van der Waals surface area contributed by atoms with Gasteiger partial charge in [-0.2, -0.15) is 18.3 Å². The molecular formula is C19H15F3N4O4. The van der Waals surface area contributed by atoms with Crippen LogP contribution < -0.4 is 10.1 Å². The number of nitro groups is 1. The number of aromatic nitrogens is 2. The molecule has 0 unspecified atom stereocenters. The first-order valence-electron chi connectivity index (χ1n) is 8.55. The van der Waals surface area contributed by atoms with Gasteiger partial charge in [0, 0.05) is 18.2 Å². The first-order chi connectivity index (χ1) is 14.1. The molecule has 0 saturated heterocycles. The molecule has 0 bridgehead atoms. The third-order valence-corrected chi connectivity index (χ3v) is 3.96. The van der Waals surface area contributed by atoms with E-state index in [0.717, 1.165) is 24.3 Å². The van der Waals surface area contributed by atoms with Gasteiger partial charge in [-0.3, -0.25) is 14.9 Å². The van der Waals surface area contributed by atoms with Crippen molar-refractivity contribution in [2.75, 3.05) is 11.9 Å². The van der Waals surface area contributed by atoms with E-state index >= 15 is 0 Å². The molecule has 2 aromatic carbocycles. The van der Waals surface area contributed by atoms with E-state index in [1.807, 2.05) is 0 Å². The number of carbonyl (C=O) groups excluding carboxylic acids is 1. The zero-order valence-corrected chi connectivity index (χ0v) is 15.5. The van der Waals surface area contributed by atoms with Crippen LogP contribution in [-0.2, 0) is 11.0 Å². The van der Waals surface area contributed by atoms with Crippen molar-refractivity contribution in [2.24, 2.45) is 0 Å². The number of benzene rings is 2. The van der Waals surface area contributed by atoms with Gasteiger partial charge >= 0.3 is 6.18 Å². The van der Waals surface area contributed by atoms with Crippen LogP contribution in [0.4, 0.5) is 24.7 Å². The fourth-order valence-electron chi connectivity index (χ4n) is 2.57. The van der Waals surface area contributed by atoms with Gasteiger partial charge in [0.2, 0.25) is 0 Å². The monoisotopic (exact) mass is 420 g/mol. The number of carbonyl (C=O) groups is 1. The number of alkyl halides is 3. The van der Waals surface area contributed by atoms with Crippen LogP contribution in [0.3, 0.4) is 0 Å². The second-order valence-electron chi connectivity index (χ2n) is 6.22. The fourth-order valence-corrected chi connectivity index (χ4v) is 2.57. The molecule has 0 aliphatic rings. The molecule has 0 saturated carbocycles. The Hall–Kier alpha value is -3.89. The molecule has 156 valence electrons. The highest BCUT2D eigenvalue weighted by Gasteiger charge is 2.30. The normalized spacial score (nSPS) is 11.2. The number of non-ortho nitro benzene ring substituents is 1. The van der Waals surface area contributed by atoms with E-state index in [-0.39, 0.29) is 11.4 Å². The van der Waals surface area contributed by atoms with E-state index in [9.17, 15) is 28.1 Å². The number of hydrogen-bond donors (Lipinski definition) is 1. The molecule has 0 aliphatic carbocycles. The Morgan fingerprint density at radius 2 is 1.80 bits per heavy atom. The van der Waals surface area contributed by atoms with E-state index in [1.165, 1.54) is 28.9 Å². The average molecular weight is 420 g/mol. The average Bonchev–Trinajstić information content (AvgIpc) is 3.06. The molecule has 1 amide bonds. The number of amides is 1. The van der Waals surface area contributed by atoms with Crippen molar-refractivity contribution in [3.8, 4) is 11.4 Å². The van der Waals surface area contributed by atoms with Crippen molar-refractivity contribution < 1.29 is 27.6 Å². The topological polar surface area (TPSA) is 99.3 Å². The lowest BCUT2D eigenvalue weighted by molar-refractivity contribution is -0.384. The molecule has 30 heavy (non-hydrogen) atoms. The van der Waals surface area contributed by atoms with Gasteiger partial charge < -0.3 is 10.1 Å². The van der Waals surface area contributed by atoms with Gasteiger partial charge in [-0.1, -0.05) is 0 Å². The molecule has 1 aromatic heterocycles. The third kappa shape index (κ3) is 4.93. The third-order valence-electron chi connectivity index (χ3n) is 3.96. The van der Waals surface area contributed by atoms with Crippen LogP contribution in [-0.4, -0.2) is 27.2 Å². The van der Waals surface area contributed by atoms with Crippen LogP contribution in [0.5, 0.6) is 5.75 Å². The Kier molecular flexibility index (Phi) is 5.72. The van der Waals surface area contributed by atoms with Gasteiger partial charge in [-0.15, -0.1) is 0 Å². The Balaban J connectivity index is 1.66. The molecule has 0 spiro atoms. The maximum absolute atomic E-state index is 12.6. The van der Waals surface area contributed by atoms with E-state index in [0.29, 0.717) is 17.2 Å². The largest absolute Gasteiger partial charge is 0.484 e. The van der Waals surface area contributed by atoms with Crippen LogP contribution in [0.1, 0.15) is 11.3 Å². The summed E-state index contributed by atoms with van der Waals surface area (Å²) >= 11 is 0. The Morgan fingerprint density at radius 3 is 2.37 bits per heavy atom. The molecule has 0 atom stereocenters. The van der Waals surface area contributed by atoms with Gasteiger partial charge in [0.25, 0.3) is 11.6 Å². The van der Waals surface area contributed by atoms with Crippen molar-refractivity contribution in [3.05, 3.63) is 76.0 Å². The lowest BCUT2D eigenvalue weighted by Gasteiger charge is -2.11. The van der Waals surface area contributed by atoms with E-state index in [2.05, 4.69) is 10.4 Å². The maximum Gasteiger partial charge on any atom is 0.416 e. The van der Waals surface area contributed by atoms with Gasteiger partial charge in [0.05, 0.1) is 21.9 Å². The van der Waals surface area contributed by atoms with E-state index in [4.69, 9.17) is 4.74 Å². The maximum atomic E-state index is 12.6.